The van der Waals surface area contributed by atoms with E-state index in [1.807, 2.05) is 6.92 Å². The molecule has 110 valence electrons. The molecule has 7 heteroatoms. The zero-order chi connectivity index (χ0) is 15.4. The molecular weight excluding hydrogens is 308 g/mol. The van der Waals surface area contributed by atoms with Crippen LogP contribution in [0.15, 0.2) is 36.9 Å². The first-order chi connectivity index (χ1) is 10.0. The summed E-state index contributed by atoms with van der Waals surface area (Å²) in [4.78, 5) is 12.2. The van der Waals surface area contributed by atoms with Crippen molar-refractivity contribution in [2.75, 3.05) is 0 Å². The fraction of sp³-hybridized carbons (Fsp3) is 0.214. The highest BCUT2D eigenvalue weighted by molar-refractivity contribution is 7.71. The molecule has 0 aliphatic rings. The summed E-state index contributed by atoms with van der Waals surface area (Å²) in [6, 6.07) is 6.57. The molecular formula is C14H15ClN4OS. The Morgan fingerprint density at radius 2 is 2.33 bits per heavy atom. The second-order valence-corrected chi connectivity index (χ2v) is 5.26. The quantitative estimate of drug-likeness (QED) is 0.656. The molecule has 21 heavy (non-hydrogen) atoms. The molecule has 1 aromatic heterocycles. The van der Waals surface area contributed by atoms with Gasteiger partial charge in [-0.25, -0.2) is 0 Å². The molecule has 2 rings (SSSR count). The fourth-order valence-electron chi connectivity index (χ4n) is 1.95. The molecule has 0 radical (unpaired) electrons. The molecule has 5 nitrogen and oxygen atoms in total. The third-order valence-corrected chi connectivity index (χ3v) is 3.59. The SMILES string of the molecule is C=CCn1c([C@@H](C)NC(=O)c2ccccc2Cl)n[nH]c1=S. The molecule has 1 aromatic carbocycles. The summed E-state index contributed by atoms with van der Waals surface area (Å²) in [5.74, 6) is 0.382. The highest BCUT2D eigenvalue weighted by Crippen LogP contribution is 2.17. The third-order valence-electron chi connectivity index (χ3n) is 2.95. The van der Waals surface area contributed by atoms with Crippen molar-refractivity contribution in [2.45, 2.75) is 19.5 Å². The van der Waals surface area contributed by atoms with Crippen LogP contribution in [0.1, 0.15) is 29.1 Å². The molecule has 0 unspecified atom stereocenters. The molecule has 1 amide bonds. The van der Waals surface area contributed by atoms with Crippen molar-refractivity contribution in [1.82, 2.24) is 20.1 Å². The maximum Gasteiger partial charge on any atom is 0.253 e. The van der Waals surface area contributed by atoms with Crippen molar-refractivity contribution in [2.24, 2.45) is 0 Å². The molecule has 0 spiro atoms. The van der Waals surface area contributed by atoms with Crippen molar-refractivity contribution >= 4 is 29.7 Å². The first kappa shape index (κ1) is 15.5. The van der Waals surface area contributed by atoms with E-state index in [0.717, 1.165) is 0 Å². The van der Waals surface area contributed by atoms with Gasteiger partial charge in [-0.15, -0.1) is 6.58 Å². The van der Waals surface area contributed by atoms with E-state index in [0.29, 0.717) is 27.7 Å². The van der Waals surface area contributed by atoms with Gasteiger partial charge in [0.2, 0.25) is 0 Å². The average molecular weight is 323 g/mol. The van der Waals surface area contributed by atoms with Crippen LogP contribution < -0.4 is 5.32 Å². The van der Waals surface area contributed by atoms with Crippen LogP contribution >= 0.6 is 23.8 Å². The highest BCUT2D eigenvalue weighted by atomic mass is 35.5. The van der Waals surface area contributed by atoms with Gasteiger partial charge in [-0.1, -0.05) is 29.8 Å². The van der Waals surface area contributed by atoms with E-state index in [4.69, 9.17) is 23.8 Å². The van der Waals surface area contributed by atoms with Crippen LogP contribution in [0.5, 0.6) is 0 Å². The van der Waals surface area contributed by atoms with Gasteiger partial charge in [-0.3, -0.25) is 14.5 Å². The Labute approximate surface area is 132 Å². The van der Waals surface area contributed by atoms with Crippen LogP contribution in [0.2, 0.25) is 5.02 Å². The van der Waals surface area contributed by atoms with Crippen LogP contribution in [0.25, 0.3) is 0 Å². The average Bonchev–Trinajstić information content (AvgIpc) is 2.81. The monoisotopic (exact) mass is 322 g/mol. The Hall–Kier alpha value is -1.92. The summed E-state index contributed by atoms with van der Waals surface area (Å²) in [6.45, 7) is 6.04. The van der Waals surface area contributed by atoms with Gasteiger partial charge in [0, 0.05) is 6.54 Å². The van der Waals surface area contributed by atoms with Crippen molar-refractivity contribution in [3.8, 4) is 0 Å². The Bertz CT molecular complexity index is 722. The normalized spacial score (nSPS) is 11.9. The van der Waals surface area contributed by atoms with E-state index in [-0.39, 0.29) is 11.9 Å². The lowest BCUT2D eigenvalue weighted by Gasteiger charge is -2.14. The van der Waals surface area contributed by atoms with E-state index in [1.165, 1.54) is 0 Å². The molecule has 0 fully saturated rings. The summed E-state index contributed by atoms with van der Waals surface area (Å²) >= 11 is 11.2. The van der Waals surface area contributed by atoms with Gasteiger partial charge in [0.25, 0.3) is 5.91 Å². The number of carbonyl (C=O) groups excluding carboxylic acids is 1. The minimum Gasteiger partial charge on any atom is -0.342 e. The summed E-state index contributed by atoms with van der Waals surface area (Å²) in [7, 11) is 0. The zero-order valence-corrected chi connectivity index (χ0v) is 13.0. The molecule has 1 atom stereocenters. The molecule has 0 bridgehead atoms. The maximum atomic E-state index is 12.2. The lowest BCUT2D eigenvalue weighted by molar-refractivity contribution is 0.0938. The van der Waals surface area contributed by atoms with Gasteiger partial charge >= 0.3 is 0 Å². The molecule has 2 aromatic rings. The molecule has 1 heterocycles. The third kappa shape index (κ3) is 3.40. The van der Waals surface area contributed by atoms with E-state index in [9.17, 15) is 4.79 Å². The number of nitrogens with zero attached hydrogens (tertiary/aromatic N) is 2. The number of benzene rings is 1. The van der Waals surface area contributed by atoms with Gasteiger partial charge in [0.05, 0.1) is 16.6 Å². The van der Waals surface area contributed by atoms with Crippen molar-refractivity contribution < 1.29 is 4.79 Å². The minimum atomic E-state index is -0.318. The first-order valence-corrected chi connectivity index (χ1v) is 7.14. The number of hydrogen-bond acceptors (Lipinski definition) is 3. The van der Waals surface area contributed by atoms with Crippen LogP contribution in [-0.2, 0) is 6.54 Å². The molecule has 0 aliphatic carbocycles. The van der Waals surface area contributed by atoms with Crippen molar-refractivity contribution in [1.29, 1.82) is 0 Å². The summed E-state index contributed by atoms with van der Waals surface area (Å²) in [5, 5.41) is 10.1. The number of nitrogens with one attached hydrogen (secondary N) is 2. The number of hydrogen-bond donors (Lipinski definition) is 2. The highest BCUT2D eigenvalue weighted by Gasteiger charge is 2.18. The number of allylic oxidation sites excluding steroid dienone is 1. The second kappa shape index (κ2) is 6.69. The molecule has 0 saturated heterocycles. The Morgan fingerprint density at radius 3 is 3.00 bits per heavy atom. The van der Waals surface area contributed by atoms with Crippen LogP contribution in [-0.4, -0.2) is 20.7 Å². The number of amides is 1. The first-order valence-electron chi connectivity index (χ1n) is 6.36. The zero-order valence-electron chi connectivity index (χ0n) is 11.5. The van der Waals surface area contributed by atoms with Gasteiger partial charge in [-0.05, 0) is 31.3 Å². The number of aromatic nitrogens is 3. The second-order valence-electron chi connectivity index (χ2n) is 4.46. The van der Waals surface area contributed by atoms with E-state index < -0.39 is 0 Å². The largest absolute Gasteiger partial charge is 0.342 e. The summed E-state index contributed by atoms with van der Waals surface area (Å²) in [5.41, 5.74) is 0.426. The predicted octanol–water partition coefficient (Wildman–Crippen LogP) is 3.27. The van der Waals surface area contributed by atoms with Crippen LogP contribution in [0.4, 0.5) is 0 Å². The predicted molar refractivity (Wildman–Crippen MR) is 84.9 cm³/mol. The standard InChI is InChI=1S/C14H15ClN4OS/c1-3-8-19-12(17-18-14(19)21)9(2)16-13(20)10-6-4-5-7-11(10)15/h3-7,9H,1,8H2,2H3,(H,16,20)(H,18,21)/t9-/m1/s1. The Balaban J connectivity index is 2.20. The number of halogens is 1. The Morgan fingerprint density at radius 1 is 1.62 bits per heavy atom. The molecule has 0 saturated carbocycles. The minimum absolute atomic E-state index is 0.257. The van der Waals surface area contributed by atoms with Crippen molar-refractivity contribution in [3.63, 3.8) is 0 Å². The van der Waals surface area contributed by atoms with E-state index in [2.05, 4.69) is 22.1 Å². The Kier molecular flexibility index (Phi) is 4.93. The van der Waals surface area contributed by atoms with Gasteiger partial charge in [-0.2, -0.15) is 5.10 Å². The molecule has 0 aliphatic heterocycles. The number of H-pyrrole nitrogens is 1. The topological polar surface area (TPSA) is 62.7 Å². The van der Waals surface area contributed by atoms with Crippen molar-refractivity contribution in [3.05, 3.63) is 58.1 Å². The van der Waals surface area contributed by atoms with Gasteiger partial charge in [0.15, 0.2) is 10.6 Å². The summed E-state index contributed by atoms with van der Waals surface area (Å²) in [6.07, 6.45) is 1.72. The molecule has 2 N–H and O–H groups in total. The van der Waals surface area contributed by atoms with E-state index >= 15 is 0 Å². The summed E-state index contributed by atoms with van der Waals surface area (Å²) < 4.78 is 2.27. The number of carbonyl (C=O) groups is 1. The number of aromatic amines is 1. The van der Waals surface area contributed by atoms with Crippen LogP contribution in [0.3, 0.4) is 0 Å². The maximum absolute atomic E-state index is 12.2. The van der Waals surface area contributed by atoms with Gasteiger partial charge in [0.1, 0.15) is 0 Å². The lowest BCUT2D eigenvalue weighted by Crippen LogP contribution is -2.29. The smallest absolute Gasteiger partial charge is 0.253 e. The number of rotatable bonds is 5. The van der Waals surface area contributed by atoms with Crippen LogP contribution in [0, 0.1) is 4.77 Å². The lowest BCUT2D eigenvalue weighted by atomic mass is 10.2. The van der Waals surface area contributed by atoms with Gasteiger partial charge < -0.3 is 5.32 Å². The fourth-order valence-corrected chi connectivity index (χ4v) is 2.39. The van der Waals surface area contributed by atoms with E-state index in [1.54, 1.807) is 34.9 Å².